The molecule has 200 valence electrons. The smallest absolute Gasteiger partial charge is 0.340 e. The van der Waals surface area contributed by atoms with Crippen molar-refractivity contribution in [3.05, 3.63) is 65.0 Å². The molecule has 2 aromatic rings. The van der Waals surface area contributed by atoms with Crippen LogP contribution in [0, 0.1) is 23.1 Å². The van der Waals surface area contributed by atoms with Gasteiger partial charge < -0.3 is 9.80 Å². The molecule has 0 radical (unpaired) electrons. The second kappa shape index (κ2) is 10.8. The molecule has 38 heavy (non-hydrogen) atoms. The molecule has 1 saturated heterocycles. The molecule has 0 aromatic heterocycles. The number of carbonyl (C=O) groups excluding carboxylic acids is 3. The Bertz CT molecular complexity index is 1270. The highest BCUT2D eigenvalue weighted by Gasteiger charge is 2.43. The number of anilines is 1. The van der Waals surface area contributed by atoms with Gasteiger partial charge in [-0.25, -0.2) is 4.39 Å². The van der Waals surface area contributed by atoms with Crippen LogP contribution in [-0.2, 0) is 27.1 Å². The van der Waals surface area contributed by atoms with Crippen molar-refractivity contribution in [2.45, 2.75) is 44.9 Å². The molecule has 2 fully saturated rings. The molecular formula is C27H26F4N4O3. The molecular weight excluding hydrogens is 504 g/mol. The maximum atomic E-state index is 14.8. The molecule has 1 atom stereocenters. The highest BCUT2D eigenvalue weighted by molar-refractivity contribution is 6.07. The zero-order valence-corrected chi connectivity index (χ0v) is 20.7. The van der Waals surface area contributed by atoms with E-state index in [-0.39, 0.29) is 42.7 Å². The van der Waals surface area contributed by atoms with Gasteiger partial charge in [0.1, 0.15) is 18.4 Å². The summed E-state index contributed by atoms with van der Waals surface area (Å²) in [5.41, 5.74) is -0.597. The van der Waals surface area contributed by atoms with Crippen LogP contribution in [0.15, 0.2) is 42.5 Å². The van der Waals surface area contributed by atoms with E-state index >= 15 is 0 Å². The predicted octanol–water partition coefficient (Wildman–Crippen LogP) is 4.11. The second-order valence-corrected chi connectivity index (χ2v) is 9.44. The average molecular weight is 531 g/mol. The SMILES string of the molecule is CCN(CC1C(=O)N(c2ccc(C#N)cc2F)CC(=O)N1Cc1ccc(C(F)(F)F)cc1)C(=O)C1CCC1. The fourth-order valence-electron chi connectivity index (χ4n) is 4.66. The number of hydrogen-bond acceptors (Lipinski definition) is 4. The van der Waals surface area contributed by atoms with Crippen LogP contribution in [0.2, 0.25) is 0 Å². The lowest BCUT2D eigenvalue weighted by Gasteiger charge is -2.43. The van der Waals surface area contributed by atoms with Gasteiger partial charge in [0.2, 0.25) is 11.8 Å². The summed E-state index contributed by atoms with van der Waals surface area (Å²) in [6, 6.07) is 8.45. The minimum absolute atomic E-state index is 0.0470. The molecule has 7 nitrogen and oxygen atoms in total. The van der Waals surface area contributed by atoms with Gasteiger partial charge in [0.05, 0.1) is 29.4 Å². The van der Waals surface area contributed by atoms with Crippen LogP contribution in [0.4, 0.5) is 23.2 Å². The molecule has 1 aliphatic heterocycles. The van der Waals surface area contributed by atoms with E-state index in [2.05, 4.69) is 0 Å². The lowest BCUT2D eigenvalue weighted by molar-refractivity contribution is -0.148. The first-order valence-corrected chi connectivity index (χ1v) is 12.3. The van der Waals surface area contributed by atoms with E-state index in [9.17, 15) is 31.9 Å². The number of benzene rings is 2. The Morgan fingerprint density at radius 2 is 1.82 bits per heavy atom. The molecule has 0 N–H and O–H groups in total. The summed E-state index contributed by atoms with van der Waals surface area (Å²) in [5, 5.41) is 9.03. The number of halogens is 4. The molecule has 1 heterocycles. The Hall–Kier alpha value is -3.94. The highest BCUT2D eigenvalue weighted by atomic mass is 19.4. The van der Waals surface area contributed by atoms with E-state index in [1.807, 2.05) is 6.07 Å². The Labute approximate surface area is 217 Å². The van der Waals surface area contributed by atoms with Crippen molar-refractivity contribution in [2.24, 2.45) is 5.92 Å². The number of rotatable bonds is 7. The molecule has 2 aliphatic rings. The third-order valence-electron chi connectivity index (χ3n) is 7.08. The molecule has 1 aliphatic carbocycles. The number of carbonyl (C=O) groups is 3. The van der Waals surface area contributed by atoms with Crippen molar-refractivity contribution in [1.82, 2.24) is 9.80 Å². The molecule has 1 saturated carbocycles. The maximum absolute atomic E-state index is 14.8. The predicted molar refractivity (Wildman–Crippen MR) is 129 cm³/mol. The molecule has 3 amide bonds. The van der Waals surface area contributed by atoms with Crippen LogP contribution in [0.25, 0.3) is 0 Å². The third kappa shape index (κ3) is 5.49. The Morgan fingerprint density at radius 1 is 1.13 bits per heavy atom. The van der Waals surface area contributed by atoms with Crippen molar-refractivity contribution in [1.29, 1.82) is 5.26 Å². The Morgan fingerprint density at radius 3 is 2.34 bits per heavy atom. The first-order chi connectivity index (χ1) is 18.0. The van der Waals surface area contributed by atoms with Crippen molar-refractivity contribution >= 4 is 23.4 Å². The van der Waals surface area contributed by atoms with Crippen LogP contribution >= 0.6 is 0 Å². The van der Waals surface area contributed by atoms with Crippen molar-refractivity contribution in [2.75, 3.05) is 24.5 Å². The largest absolute Gasteiger partial charge is 0.416 e. The molecule has 0 bridgehead atoms. The summed E-state index contributed by atoms with van der Waals surface area (Å²) in [4.78, 5) is 43.7. The molecule has 1 unspecified atom stereocenters. The summed E-state index contributed by atoms with van der Waals surface area (Å²) in [6.45, 7) is 1.25. The maximum Gasteiger partial charge on any atom is 0.416 e. The third-order valence-corrected chi connectivity index (χ3v) is 7.08. The summed E-state index contributed by atoms with van der Waals surface area (Å²) in [6.07, 6.45) is -2.11. The topological polar surface area (TPSA) is 84.7 Å². The molecule has 0 spiro atoms. The first-order valence-electron chi connectivity index (χ1n) is 12.3. The standard InChI is InChI=1S/C27H26F4N4O3/c1-2-33(25(37)19-4-3-5-19)15-23-26(38)35(22-11-8-18(13-32)12-21(22)28)16-24(36)34(23)14-17-6-9-20(10-7-17)27(29,30)31/h6-12,19,23H,2-5,14-16H2,1H3. The average Bonchev–Trinajstić information content (AvgIpc) is 2.84. The van der Waals surface area contributed by atoms with Crippen molar-refractivity contribution in [3.8, 4) is 6.07 Å². The quantitative estimate of drug-likeness (QED) is 0.505. The van der Waals surface area contributed by atoms with Gasteiger partial charge in [-0.3, -0.25) is 19.3 Å². The van der Waals surface area contributed by atoms with Crippen LogP contribution in [0.3, 0.4) is 0 Å². The fraction of sp³-hybridized carbons (Fsp3) is 0.407. The number of amides is 3. The van der Waals surface area contributed by atoms with Crippen LogP contribution < -0.4 is 4.90 Å². The number of nitrogens with zero attached hydrogens (tertiary/aromatic N) is 4. The van der Waals surface area contributed by atoms with E-state index in [4.69, 9.17) is 5.26 Å². The normalized spacial score (nSPS) is 18.3. The van der Waals surface area contributed by atoms with Crippen LogP contribution in [0.5, 0.6) is 0 Å². The number of nitriles is 1. The van der Waals surface area contributed by atoms with Gasteiger partial charge in [0.15, 0.2) is 0 Å². The van der Waals surface area contributed by atoms with Gasteiger partial charge in [0.25, 0.3) is 5.91 Å². The van der Waals surface area contributed by atoms with Gasteiger partial charge in [-0.1, -0.05) is 18.6 Å². The van der Waals surface area contributed by atoms with E-state index in [1.54, 1.807) is 6.92 Å². The van der Waals surface area contributed by atoms with E-state index in [0.29, 0.717) is 5.56 Å². The number of hydrogen-bond donors (Lipinski definition) is 0. The van der Waals surface area contributed by atoms with Crippen LogP contribution in [-0.4, -0.2) is 53.2 Å². The Kier molecular flexibility index (Phi) is 7.71. The van der Waals surface area contributed by atoms with E-state index in [0.717, 1.165) is 42.4 Å². The number of alkyl halides is 3. The fourth-order valence-corrected chi connectivity index (χ4v) is 4.66. The van der Waals surface area contributed by atoms with E-state index < -0.39 is 42.0 Å². The zero-order chi connectivity index (χ0) is 27.6. The lowest BCUT2D eigenvalue weighted by atomic mass is 9.84. The molecule has 2 aromatic carbocycles. The molecule has 4 rings (SSSR count). The van der Waals surface area contributed by atoms with Gasteiger partial charge in [0, 0.05) is 19.0 Å². The second-order valence-electron chi connectivity index (χ2n) is 9.44. The summed E-state index contributed by atoms with van der Waals surface area (Å²) in [7, 11) is 0. The van der Waals surface area contributed by atoms with E-state index in [1.165, 1.54) is 34.1 Å². The number of likely N-dealkylation sites (N-methyl/N-ethyl adjacent to an activating group) is 1. The zero-order valence-electron chi connectivity index (χ0n) is 20.7. The Balaban J connectivity index is 1.65. The van der Waals surface area contributed by atoms with Crippen LogP contribution in [0.1, 0.15) is 42.9 Å². The lowest BCUT2D eigenvalue weighted by Crippen LogP contribution is -2.63. The summed E-state index contributed by atoms with van der Waals surface area (Å²) >= 11 is 0. The molecule has 11 heteroatoms. The van der Waals surface area contributed by atoms with Gasteiger partial charge >= 0.3 is 6.18 Å². The monoisotopic (exact) mass is 530 g/mol. The van der Waals surface area contributed by atoms with Crippen molar-refractivity contribution in [3.63, 3.8) is 0 Å². The summed E-state index contributed by atoms with van der Waals surface area (Å²) in [5.74, 6) is -2.31. The minimum Gasteiger partial charge on any atom is -0.340 e. The number of piperazine rings is 1. The van der Waals surface area contributed by atoms with Gasteiger partial charge in [-0.05, 0) is 55.7 Å². The van der Waals surface area contributed by atoms with Crippen molar-refractivity contribution < 1.29 is 31.9 Å². The van der Waals surface area contributed by atoms with Gasteiger partial charge in [-0.15, -0.1) is 0 Å². The highest BCUT2D eigenvalue weighted by Crippen LogP contribution is 2.31. The summed E-state index contributed by atoms with van der Waals surface area (Å²) < 4.78 is 53.8. The van der Waals surface area contributed by atoms with Gasteiger partial charge in [-0.2, -0.15) is 18.4 Å². The first kappa shape index (κ1) is 27.1. The minimum atomic E-state index is -4.52.